The second kappa shape index (κ2) is 9.34. The van der Waals surface area contributed by atoms with Gasteiger partial charge in [0, 0.05) is 38.6 Å². The quantitative estimate of drug-likeness (QED) is 0.380. The topological polar surface area (TPSA) is 96.8 Å². The van der Waals surface area contributed by atoms with Crippen LogP contribution in [-0.2, 0) is 4.74 Å². The maximum absolute atomic E-state index is 14.5. The molecule has 3 atom stereocenters. The Morgan fingerprint density at radius 3 is 2.81 bits per heavy atom. The largest absolute Gasteiger partial charge is 0.447 e. The van der Waals surface area contributed by atoms with E-state index < -0.39 is 54.9 Å². The number of cyclic esters (lactones) is 1. The van der Waals surface area contributed by atoms with Gasteiger partial charge >= 0.3 is 10.2 Å². The van der Waals surface area contributed by atoms with Gasteiger partial charge in [0.2, 0.25) is 5.95 Å². The second-order valence-corrected chi connectivity index (χ2v) is 8.74. The van der Waals surface area contributed by atoms with E-state index in [1.165, 1.54) is 36.2 Å². The first kappa shape index (κ1) is 23.2. The summed E-state index contributed by atoms with van der Waals surface area (Å²) in [6, 6.07) is 3.70. The number of anilines is 2. The van der Waals surface area contributed by atoms with E-state index in [2.05, 4.69) is 24.5 Å². The Morgan fingerprint density at radius 2 is 2.16 bits per heavy atom. The Bertz CT molecular complexity index is 979. The van der Waals surface area contributed by atoms with Gasteiger partial charge in [-0.05, 0) is 26.0 Å². The SMILES string of the molecule is C=IC(F)(F)Oc1ccc([C@H](C)Nc2nccc(N3C(=O)OC[C@@H]3[C@@H](C)O)n2)c(F)c1. The summed E-state index contributed by atoms with van der Waals surface area (Å²) in [4.78, 5) is 21.6. The van der Waals surface area contributed by atoms with Gasteiger partial charge in [-0.25, -0.2) is 14.2 Å². The van der Waals surface area contributed by atoms with E-state index >= 15 is 0 Å². The zero-order chi connectivity index (χ0) is 22.8. The molecule has 0 spiro atoms. The average molecular weight is 552 g/mol. The second-order valence-electron chi connectivity index (χ2n) is 6.72. The van der Waals surface area contributed by atoms with Crippen LogP contribution in [0.5, 0.6) is 5.75 Å². The molecule has 2 N–H and O–H groups in total. The molecule has 8 nitrogen and oxygen atoms in total. The van der Waals surface area contributed by atoms with Gasteiger partial charge in [0.05, 0.1) is 12.1 Å². The minimum absolute atomic E-state index is 0.0222. The van der Waals surface area contributed by atoms with Crippen LogP contribution in [0.25, 0.3) is 0 Å². The minimum Gasteiger partial charge on any atom is -0.447 e. The summed E-state index contributed by atoms with van der Waals surface area (Å²) in [6.07, 6.45) is -0.0874. The van der Waals surface area contributed by atoms with Gasteiger partial charge in [0.1, 0.15) is 30.0 Å². The molecule has 31 heavy (non-hydrogen) atoms. The molecule has 0 unspecified atom stereocenters. The number of benzene rings is 1. The normalized spacial score (nSPS) is 18.5. The van der Waals surface area contributed by atoms with Crippen LogP contribution in [0.1, 0.15) is 25.5 Å². The predicted molar refractivity (Wildman–Crippen MR) is 116 cm³/mol. The first-order chi connectivity index (χ1) is 14.6. The van der Waals surface area contributed by atoms with Gasteiger partial charge in [-0.3, -0.25) is 4.90 Å². The Balaban J connectivity index is 1.77. The van der Waals surface area contributed by atoms with E-state index in [1.807, 2.05) is 0 Å². The standard InChI is InChI=1S/C19H20F3IN4O4/c1-10(13-5-4-12(8-14(13)20)31-19(21,22)23-3)25-17-24-7-6-16(26-17)27-15(11(2)28)9-30-18(27)29/h4-8,10-11,15,28H,3,9H2,1-2H3,(H,24,25,26)/t10-,11+,15+/m0/s1. The van der Waals surface area contributed by atoms with Crippen molar-refractivity contribution in [3.8, 4) is 5.75 Å². The Hall–Kier alpha value is -2.48. The van der Waals surface area contributed by atoms with Crippen molar-refractivity contribution in [1.82, 2.24) is 9.97 Å². The molecule has 1 fully saturated rings. The number of nitrogens with one attached hydrogen (secondary N) is 1. The summed E-state index contributed by atoms with van der Waals surface area (Å²) in [5, 5.41) is 12.8. The zero-order valence-electron chi connectivity index (χ0n) is 16.6. The summed E-state index contributed by atoms with van der Waals surface area (Å²) in [6.45, 7) is 3.19. The minimum atomic E-state index is -3.38. The van der Waals surface area contributed by atoms with E-state index in [4.69, 9.17) is 4.74 Å². The van der Waals surface area contributed by atoms with Gasteiger partial charge in [-0.15, -0.1) is 0 Å². The fourth-order valence-corrected chi connectivity index (χ4v) is 3.37. The van der Waals surface area contributed by atoms with Crippen LogP contribution >= 0.6 is 20.7 Å². The number of aliphatic hydroxyl groups is 1. The van der Waals surface area contributed by atoms with E-state index in [0.717, 1.165) is 6.07 Å². The number of ether oxygens (including phenoxy) is 2. The lowest BCUT2D eigenvalue weighted by Gasteiger charge is -2.23. The maximum atomic E-state index is 14.5. The first-order valence-electron chi connectivity index (χ1n) is 9.10. The van der Waals surface area contributed by atoms with E-state index in [0.29, 0.717) is 0 Å². The molecule has 0 aliphatic carbocycles. The highest BCUT2D eigenvalue weighted by Crippen LogP contribution is 2.32. The van der Waals surface area contributed by atoms with Crippen molar-refractivity contribution in [3.63, 3.8) is 0 Å². The third kappa shape index (κ3) is 5.42. The molecule has 12 heteroatoms. The van der Waals surface area contributed by atoms with Crippen LogP contribution in [-0.4, -0.2) is 48.6 Å². The number of hydrogen-bond donors (Lipinski definition) is 2. The number of alkyl halides is 3. The van der Waals surface area contributed by atoms with Crippen LogP contribution in [0, 0.1) is 5.82 Å². The molecule has 0 bridgehead atoms. The van der Waals surface area contributed by atoms with Crippen LogP contribution in [0.15, 0.2) is 30.5 Å². The van der Waals surface area contributed by atoms with Crippen molar-refractivity contribution in [2.24, 2.45) is 0 Å². The van der Waals surface area contributed by atoms with Crippen LogP contribution < -0.4 is 15.0 Å². The van der Waals surface area contributed by atoms with Crippen molar-refractivity contribution in [2.45, 2.75) is 36.2 Å². The number of nitrogens with zero attached hydrogens (tertiary/aromatic N) is 3. The van der Waals surface area contributed by atoms with E-state index in [1.54, 1.807) is 6.92 Å². The van der Waals surface area contributed by atoms with Crippen molar-refractivity contribution in [2.75, 3.05) is 16.8 Å². The number of rotatable bonds is 8. The van der Waals surface area contributed by atoms with Crippen LogP contribution in [0.4, 0.5) is 29.7 Å². The molecule has 1 amide bonds. The zero-order valence-corrected chi connectivity index (χ0v) is 18.7. The lowest BCUT2D eigenvalue weighted by Crippen LogP contribution is -2.41. The number of halogens is 4. The highest BCUT2D eigenvalue weighted by molar-refractivity contribution is 14.2. The molecule has 1 aromatic carbocycles. The molecule has 1 aliphatic heterocycles. The van der Waals surface area contributed by atoms with Crippen molar-refractivity contribution in [1.29, 1.82) is 0 Å². The van der Waals surface area contributed by atoms with Crippen LogP contribution in [0.2, 0.25) is 0 Å². The molecule has 1 saturated heterocycles. The molecule has 2 heterocycles. The number of carbonyl (C=O) groups is 1. The maximum Gasteiger partial charge on any atom is 0.445 e. The summed E-state index contributed by atoms with van der Waals surface area (Å²) in [7, 11) is 0. The first-order valence-corrected chi connectivity index (χ1v) is 11.7. The Morgan fingerprint density at radius 1 is 1.42 bits per heavy atom. The molecular weight excluding hydrogens is 532 g/mol. The third-order valence-corrected chi connectivity index (χ3v) is 5.63. The fourth-order valence-electron chi connectivity index (χ4n) is 2.96. The van der Waals surface area contributed by atoms with Crippen molar-refractivity contribution in [3.05, 3.63) is 41.8 Å². The predicted octanol–water partition coefficient (Wildman–Crippen LogP) is 3.83. The monoisotopic (exact) mass is 552 g/mol. The summed E-state index contributed by atoms with van der Waals surface area (Å²) >= 11 is -1.76. The number of carbonyl (C=O) groups excluding carboxylic acids is 1. The van der Waals surface area contributed by atoms with Gasteiger partial charge in [0.25, 0.3) is 0 Å². The molecule has 2 aromatic rings. The lowest BCUT2D eigenvalue weighted by molar-refractivity contribution is -0.0694. The Labute approximate surface area is 186 Å². The summed E-state index contributed by atoms with van der Waals surface area (Å²) in [5.41, 5.74) is 0.177. The summed E-state index contributed by atoms with van der Waals surface area (Å²) < 4.78 is 50.5. The van der Waals surface area contributed by atoms with E-state index in [9.17, 15) is 23.1 Å². The number of aromatic nitrogens is 2. The fraction of sp³-hybridized carbons (Fsp3) is 0.368. The molecule has 1 aliphatic rings. The van der Waals surface area contributed by atoms with Gasteiger partial charge in [-0.1, -0.05) is 10.6 Å². The van der Waals surface area contributed by atoms with Crippen LogP contribution in [0.3, 0.4) is 0 Å². The average Bonchev–Trinajstić information content (AvgIpc) is 3.09. The molecule has 0 saturated carbocycles. The lowest BCUT2D eigenvalue weighted by atomic mass is 10.1. The molecular formula is C19H20F3IN4O4. The molecule has 1 aromatic heterocycles. The Kier molecular flexibility index (Phi) is 6.99. The van der Waals surface area contributed by atoms with E-state index in [-0.39, 0.29) is 29.7 Å². The van der Waals surface area contributed by atoms with Gasteiger partial charge in [0.15, 0.2) is 0 Å². The smallest absolute Gasteiger partial charge is 0.445 e. The summed E-state index contributed by atoms with van der Waals surface area (Å²) in [5.74, 6) is -0.732. The highest BCUT2D eigenvalue weighted by atomic mass is 127. The molecule has 168 valence electrons. The van der Waals surface area contributed by atoms with Gasteiger partial charge < -0.3 is 19.9 Å². The van der Waals surface area contributed by atoms with Gasteiger partial charge in [-0.2, -0.15) is 13.8 Å². The third-order valence-electron chi connectivity index (χ3n) is 4.52. The van der Waals surface area contributed by atoms with Crippen molar-refractivity contribution >= 4 is 43.1 Å². The highest BCUT2D eigenvalue weighted by Gasteiger charge is 2.38. The molecule has 3 rings (SSSR count). The number of aliphatic hydroxyl groups excluding tert-OH is 1. The molecule has 0 radical (unpaired) electrons. The number of amides is 1. The van der Waals surface area contributed by atoms with Crippen molar-refractivity contribution < 1.29 is 32.5 Å². The number of hydrogen-bond acceptors (Lipinski definition) is 7.